The smallest absolute Gasteiger partial charge is 0.293 e. The van der Waals surface area contributed by atoms with Gasteiger partial charge in [-0.2, -0.15) is 0 Å². The molecule has 0 saturated carbocycles. The molecule has 7 heteroatoms. The minimum absolute atomic E-state index is 0.0406. The molecule has 1 unspecified atom stereocenters. The topological polar surface area (TPSA) is 67.2 Å². The summed E-state index contributed by atoms with van der Waals surface area (Å²) in [7, 11) is 0. The summed E-state index contributed by atoms with van der Waals surface area (Å²) in [5.41, 5.74) is 0.384. The van der Waals surface area contributed by atoms with Gasteiger partial charge in [-0.1, -0.05) is 23.2 Å². The average molecular weight is 318 g/mol. The second kappa shape index (κ2) is 7.11. The van der Waals surface area contributed by atoms with Crippen LogP contribution >= 0.6 is 23.2 Å². The quantitative estimate of drug-likeness (QED) is 0.641. The zero-order chi connectivity index (χ0) is 14.5. The Morgan fingerprint density at radius 2 is 2.15 bits per heavy atom. The SMILES string of the molecule is O=[N+]([O-])c1cc(Cl)c(Cl)cc1NCCC1CCCNC1. The zero-order valence-corrected chi connectivity index (χ0v) is 12.5. The summed E-state index contributed by atoms with van der Waals surface area (Å²) in [6.45, 7) is 2.79. The van der Waals surface area contributed by atoms with Gasteiger partial charge < -0.3 is 10.6 Å². The summed E-state index contributed by atoms with van der Waals surface area (Å²) in [5, 5.41) is 18.0. The van der Waals surface area contributed by atoms with E-state index in [1.807, 2.05) is 0 Å². The van der Waals surface area contributed by atoms with E-state index >= 15 is 0 Å². The van der Waals surface area contributed by atoms with Crippen molar-refractivity contribution in [2.24, 2.45) is 5.92 Å². The fourth-order valence-electron chi connectivity index (χ4n) is 2.41. The molecule has 110 valence electrons. The van der Waals surface area contributed by atoms with E-state index in [4.69, 9.17) is 23.2 Å². The van der Waals surface area contributed by atoms with Crippen molar-refractivity contribution < 1.29 is 4.92 Å². The fourth-order valence-corrected chi connectivity index (χ4v) is 2.73. The highest BCUT2D eigenvalue weighted by atomic mass is 35.5. The molecule has 0 radical (unpaired) electrons. The molecule has 0 amide bonds. The number of halogens is 2. The molecule has 1 aromatic rings. The van der Waals surface area contributed by atoms with Crippen molar-refractivity contribution in [1.82, 2.24) is 5.32 Å². The van der Waals surface area contributed by atoms with Gasteiger partial charge in [-0.05, 0) is 44.3 Å². The Kier molecular flexibility index (Phi) is 5.46. The number of nitro groups is 1. The summed E-state index contributed by atoms with van der Waals surface area (Å²) in [4.78, 5) is 10.6. The summed E-state index contributed by atoms with van der Waals surface area (Å²) in [5.74, 6) is 0.623. The van der Waals surface area contributed by atoms with Gasteiger partial charge in [0.25, 0.3) is 5.69 Å². The Morgan fingerprint density at radius 3 is 2.80 bits per heavy atom. The molecular weight excluding hydrogens is 301 g/mol. The lowest BCUT2D eigenvalue weighted by molar-refractivity contribution is -0.383. The minimum Gasteiger partial charge on any atom is -0.379 e. The van der Waals surface area contributed by atoms with Crippen molar-refractivity contribution in [2.75, 3.05) is 25.0 Å². The second-order valence-electron chi connectivity index (χ2n) is 4.97. The van der Waals surface area contributed by atoms with Crippen LogP contribution in [0.1, 0.15) is 19.3 Å². The first-order chi connectivity index (χ1) is 9.58. The molecule has 1 heterocycles. The minimum atomic E-state index is -0.452. The van der Waals surface area contributed by atoms with E-state index in [1.54, 1.807) is 0 Å². The first-order valence-corrected chi connectivity index (χ1v) is 7.41. The summed E-state index contributed by atoms with van der Waals surface area (Å²) in [6, 6.07) is 2.80. The lowest BCUT2D eigenvalue weighted by Crippen LogP contribution is -2.30. The monoisotopic (exact) mass is 317 g/mol. The van der Waals surface area contributed by atoms with Gasteiger partial charge >= 0.3 is 0 Å². The maximum atomic E-state index is 11.0. The Morgan fingerprint density at radius 1 is 1.40 bits per heavy atom. The van der Waals surface area contributed by atoms with E-state index in [1.165, 1.54) is 25.0 Å². The standard InChI is InChI=1S/C13H17Cl2N3O2/c14-10-6-12(13(18(19)20)7-11(10)15)17-5-3-9-2-1-4-16-8-9/h6-7,9,16-17H,1-5,8H2. The fraction of sp³-hybridized carbons (Fsp3) is 0.538. The molecule has 1 aliphatic rings. The first-order valence-electron chi connectivity index (χ1n) is 6.66. The van der Waals surface area contributed by atoms with Gasteiger partial charge in [-0.3, -0.25) is 10.1 Å². The van der Waals surface area contributed by atoms with Crippen LogP contribution in [-0.4, -0.2) is 24.6 Å². The zero-order valence-electron chi connectivity index (χ0n) is 11.0. The molecule has 20 heavy (non-hydrogen) atoms. The van der Waals surface area contributed by atoms with Crippen LogP contribution in [0.15, 0.2) is 12.1 Å². The van der Waals surface area contributed by atoms with Crippen molar-refractivity contribution in [3.8, 4) is 0 Å². The highest BCUT2D eigenvalue weighted by molar-refractivity contribution is 6.42. The van der Waals surface area contributed by atoms with Gasteiger partial charge in [-0.25, -0.2) is 0 Å². The van der Waals surface area contributed by atoms with Crippen molar-refractivity contribution in [3.05, 3.63) is 32.3 Å². The summed E-state index contributed by atoms with van der Waals surface area (Å²) < 4.78 is 0. The third-order valence-corrected chi connectivity index (χ3v) is 4.22. The van der Waals surface area contributed by atoms with Crippen LogP contribution in [0.5, 0.6) is 0 Å². The van der Waals surface area contributed by atoms with E-state index in [0.29, 0.717) is 23.2 Å². The molecule has 1 aliphatic heterocycles. The molecule has 2 rings (SSSR count). The molecule has 0 aliphatic carbocycles. The number of rotatable bonds is 5. The molecule has 0 bridgehead atoms. The summed E-state index contributed by atoms with van der Waals surface area (Å²) >= 11 is 11.7. The number of hydrogen-bond donors (Lipinski definition) is 2. The molecule has 1 atom stereocenters. The number of hydrogen-bond acceptors (Lipinski definition) is 4. The molecule has 1 aromatic carbocycles. The number of benzene rings is 1. The van der Waals surface area contributed by atoms with Gasteiger partial charge in [0.1, 0.15) is 5.69 Å². The van der Waals surface area contributed by atoms with Crippen LogP contribution in [0.2, 0.25) is 10.0 Å². The van der Waals surface area contributed by atoms with Gasteiger partial charge in [0.05, 0.1) is 15.0 Å². The number of piperidine rings is 1. The van der Waals surface area contributed by atoms with Gasteiger partial charge in [0.2, 0.25) is 0 Å². The number of nitrogens with zero attached hydrogens (tertiary/aromatic N) is 1. The van der Waals surface area contributed by atoms with Crippen LogP contribution in [0, 0.1) is 16.0 Å². The number of nitrogens with one attached hydrogen (secondary N) is 2. The predicted octanol–water partition coefficient (Wildman–Crippen LogP) is 3.70. The van der Waals surface area contributed by atoms with E-state index in [-0.39, 0.29) is 10.7 Å². The maximum absolute atomic E-state index is 11.0. The molecule has 1 fully saturated rings. The van der Waals surface area contributed by atoms with Crippen molar-refractivity contribution >= 4 is 34.6 Å². The molecule has 0 aromatic heterocycles. The number of nitro benzene ring substituents is 1. The van der Waals surface area contributed by atoms with Gasteiger partial charge in [0, 0.05) is 12.6 Å². The Hall–Kier alpha value is -1.04. The molecular formula is C13H17Cl2N3O2. The van der Waals surface area contributed by atoms with Crippen LogP contribution in [0.3, 0.4) is 0 Å². The Labute approximate surface area is 127 Å². The van der Waals surface area contributed by atoms with Crippen LogP contribution in [0.4, 0.5) is 11.4 Å². The lowest BCUT2D eigenvalue weighted by Gasteiger charge is -2.22. The maximum Gasteiger partial charge on any atom is 0.293 e. The van der Waals surface area contributed by atoms with Crippen molar-refractivity contribution in [3.63, 3.8) is 0 Å². The molecule has 0 spiro atoms. The van der Waals surface area contributed by atoms with Crippen LogP contribution in [0.25, 0.3) is 0 Å². The largest absolute Gasteiger partial charge is 0.379 e. The van der Waals surface area contributed by atoms with E-state index in [9.17, 15) is 10.1 Å². The molecule has 1 saturated heterocycles. The van der Waals surface area contributed by atoms with E-state index < -0.39 is 4.92 Å². The normalized spacial score (nSPS) is 18.8. The Balaban J connectivity index is 1.97. The Bertz CT molecular complexity index is 491. The third-order valence-electron chi connectivity index (χ3n) is 3.50. The molecule has 5 nitrogen and oxygen atoms in total. The third kappa shape index (κ3) is 3.98. The number of anilines is 1. The van der Waals surface area contributed by atoms with Gasteiger partial charge in [-0.15, -0.1) is 0 Å². The first kappa shape index (κ1) is 15.4. The highest BCUT2D eigenvalue weighted by Crippen LogP contribution is 2.34. The lowest BCUT2D eigenvalue weighted by atomic mass is 9.96. The average Bonchev–Trinajstić information content (AvgIpc) is 2.43. The van der Waals surface area contributed by atoms with Gasteiger partial charge in [0.15, 0.2) is 0 Å². The van der Waals surface area contributed by atoms with E-state index in [0.717, 1.165) is 19.5 Å². The van der Waals surface area contributed by atoms with Crippen LogP contribution in [-0.2, 0) is 0 Å². The highest BCUT2D eigenvalue weighted by Gasteiger charge is 2.18. The summed E-state index contributed by atoms with van der Waals surface area (Å²) in [6.07, 6.45) is 3.38. The van der Waals surface area contributed by atoms with E-state index in [2.05, 4.69) is 10.6 Å². The van der Waals surface area contributed by atoms with Crippen molar-refractivity contribution in [1.29, 1.82) is 0 Å². The second-order valence-corrected chi connectivity index (χ2v) is 5.78. The van der Waals surface area contributed by atoms with Crippen LogP contribution < -0.4 is 10.6 Å². The molecule has 2 N–H and O–H groups in total. The predicted molar refractivity (Wildman–Crippen MR) is 81.8 cm³/mol. The van der Waals surface area contributed by atoms with Crippen molar-refractivity contribution in [2.45, 2.75) is 19.3 Å².